The van der Waals surface area contributed by atoms with E-state index in [2.05, 4.69) is 17.3 Å². The quantitative estimate of drug-likeness (QED) is 0.746. The lowest BCUT2D eigenvalue weighted by Crippen LogP contribution is -2.35. The zero-order chi connectivity index (χ0) is 13.5. The number of carboxylic acids is 1. The molecule has 1 unspecified atom stereocenters. The second-order valence-corrected chi connectivity index (χ2v) is 5.35. The fourth-order valence-electron chi connectivity index (χ4n) is 2.35. The Morgan fingerprint density at radius 3 is 2.56 bits per heavy atom. The van der Waals surface area contributed by atoms with Gasteiger partial charge in [0, 0.05) is 12.5 Å². The number of rotatable bonds is 6. The van der Waals surface area contributed by atoms with Crippen LogP contribution in [0.25, 0.3) is 0 Å². The molecule has 5 nitrogen and oxygen atoms in total. The highest BCUT2D eigenvalue weighted by atomic mass is 16.4. The molecule has 0 saturated carbocycles. The molecule has 1 aliphatic rings. The van der Waals surface area contributed by atoms with Crippen LogP contribution in [0.2, 0.25) is 0 Å². The minimum atomic E-state index is -0.877. The van der Waals surface area contributed by atoms with E-state index in [1.54, 1.807) is 6.92 Å². The monoisotopic (exact) mass is 256 g/mol. The van der Waals surface area contributed by atoms with Gasteiger partial charge in [0.15, 0.2) is 0 Å². The lowest BCUT2D eigenvalue weighted by molar-refractivity contribution is -0.137. The highest BCUT2D eigenvalue weighted by Gasteiger charge is 2.18. The summed E-state index contributed by atoms with van der Waals surface area (Å²) in [5.74, 6) is -0.262. The summed E-state index contributed by atoms with van der Waals surface area (Å²) in [7, 11) is 2.12. The molecule has 1 saturated heterocycles. The first kappa shape index (κ1) is 15.0. The van der Waals surface area contributed by atoms with Gasteiger partial charge in [-0.25, -0.2) is 0 Å². The van der Waals surface area contributed by atoms with Crippen LogP contribution < -0.4 is 5.32 Å². The number of carboxylic acid groups (broad SMARTS) is 1. The second kappa shape index (κ2) is 7.36. The minimum Gasteiger partial charge on any atom is -0.481 e. The maximum absolute atomic E-state index is 11.6. The number of carbonyl (C=O) groups is 2. The van der Waals surface area contributed by atoms with Crippen molar-refractivity contribution in [3.05, 3.63) is 0 Å². The predicted octanol–water partition coefficient (Wildman–Crippen LogP) is 1.09. The van der Waals surface area contributed by atoms with E-state index in [9.17, 15) is 9.59 Å². The third kappa shape index (κ3) is 6.00. The molecule has 1 aliphatic heterocycles. The minimum absolute atomic E-state index is 0.0139. The molecule has 2 N–H and O–H groups in total. The number of nitrogens with one attached hydrogen (secondary N) is 1. The van der Waals surface area contributed by atoms with Gasteiger partial charge in [-0.2, -0.15) is 0 Å². The molecular weight excluding hydrogens is 232 g/mol. The number of aliphatic carboxylic acids is 1. The number of hydrogen-bond acceptors (Lipinski definition) is 3. The van der Waals surface area contributed by atoms with Crippen LogP contribution in [0.4, 0.5) is 0 Å². The van der Waals surface area contributed by atoms with Gasteiger partial charge in [0.1, 0.15) is 0 Å². The molecule has 1 rings (SSSR count). The topological polar surface area (TPSA) is 69.6 Å². The zero-order valence-corrected chi connectivity index (χ0v) is 11.3. The number of nitrogens with zero attached hydrogens (tertiary/aromatic N) is 1. The number of amides is 1. The molecule has 1 fully saturated rings. The van der Waals surface area contributed by atoms with Gasteiger partial charge in [-0.15, -0.1) is 0 Å². The summed E-state index contributed by atoms with van der Waals surface area (Å²) in [6.45, 7) is 3.95. The molecule has 1 heterocycles. The summed E-state index contributed by atoms with van der Waals surface area (Å²) in [6, 6.07) is -0.285. The molecular formula is C13H24N2O3. The predicted molar refractivity (Wildman–Crippen MR) is 69.3 cm³/mol. The summed E-state index contributed by atoms with van der Waals surface area (Å²) >= 11 is 0. The van der Waals surface area contributed by atoms with Crippen molar-refractivity contribution in [2.75, 3.05) is 20.1 Å². The van der Waals surface area contributed by atoms with Gasteiger partial charge in [-0.3, -0.25) is 9.59 Å². The normalized spacial score (nSPS) is 19.4. The molecule has 0 aromatic rings. The van der Waals surface area contributed by atoms with E-state index in [0.717, 1.165) is 32.4 Å². The molecule has 0 aromatic heterocycles. The molecule has 5 heteroatoms. The first-order valence-corrected chi connectivity index (χ1v) is 6.67. The maximum atomic E-state index is 11.6. The van der Waals surface area contributed by atoms with E-state index in [1.165, 1.54) is 0 Å². The Morgan fingerprint density at radius 2 is 2.00 bits per heavy atom. The van der Waals surface area contributed by atoms with Crippen LogP contribution in [-0.4, -0.2) is 48.1 Å². The fourth-order valence-corrected chi connectivity index (χ4v) is 2.35. The smallest absolute Gasteiger partial charge is 0.305 e. The van der Waals surface area contributed by atoms with E-state index in [0.29, 0.717) is 12.3 Å². The Morgan fingerprint density at radius 1 is 1.39 bits per heavy atom. The van der Waals surface area contributed by atoms with Gasteiger partial charge in [-0.05, 0) is 52.2 Å². The van der Waals surface area contributed by atoms with Crippen LogP contribution >= 0.6 is 0 Å². The summed E-state index contributed by atoms with van der Waals surface area (Å²) in [6.07, 6.45) is 3.74. The van der Waals surface area contributed by atoms with Crippen LogP contribution in [0.3, 0.4) is 0 Å². The summed E-state index contributed by atoms with van der Waals surface area (Å²) in [5, 5.41) is 11.3. The van der Waals surface area contributed by atoms with Crippen molar-refractivity contribution < 1.29 is 14.7 Å². The molecule has 0 radical (unpaired) electrons. The van der Waals surface area contributed by atoms with E-state index in [-0.39, 0.29) is 18.4 Å². The molecule has 1 amide bonds. The van der Waals surface area contributed by atoms with Crippen molar-refractivity contribution in [3.63, 3.8) is 0 Å². The largest absolute Gasteiger partial charge is 0.481 e. The molecule has 0 aromatic carbocycles. The highest BCUT2D eigenvalue weighted by molar-refractivity contribution is 5.77. The van der Waals surface area contributed by atoms with Gasteiger partial charge >= 0.3 is 5.97 Å². The van der Waals surface area contributed by atoms with Crippen molar-refractivity contribution >= 4 is 11.9 Å². The third-order valence-corrected chi connectivity index (χ3v) is 3.51. The van der Waals surface area contributed by atoms with Crippen molar-refractivity contribution in [1.29, 1.82) is 0 Å². The molecule has 0 bridgehead atoms. The number of hydrogen-bond donors (Lipinski definition) is 2. The zero-order valence-electron chi connectivity index (χ0n) is 11.3. The number of likely N-dealkylation sites (tertiary alicyclic amines) is 1. The van der Waals surface area contributed by atoms with Crippen LogP contribution in [0.5, 0.6) is 0 Å². The highest BCUT2D eigenvalue weighted by Crippen LogP contribution is 2.20. The number of piperidine rings is 1. The Kier molecular flexibility index (Phi) is 6.12. The third-order valence-electron chi connectivity index (χ3n) is 3.51. The maximum Gasteiger partial charge on any atom is 0.305 e. The molecule has 18 heavy (non-hydrogen) atoms. The SMILES string of the molecule is CC(CC(=O)O)NC(=O)CCC1CCN(C)CC1. The Balaban J connectivity index is 2.15. The van der Waals surface area contributed by atoms with Crippen LogP contribution in [-0.2, 0) is 9.59 Å². The lowest BCUT2D eigenvalue weighted by Gasteiger charge is -2.28. The Hall–Kier alpha value is -1.10. The molecule has 104 valence electrons. The van der Waals surface area contributed by atoms with E-state index < -0.39 is 5.97 Å². The first-order chi connectivity index (χ1) is 8.47. The van der Waals surface area contributed by atoms with E-state index in [4.69, 9.17) is 5.11 Å². The molecule has 0 spiro atoms. The molecule has 0 aliphatic carbocycles. The van der Waals surface area contributed by atoms with Crippen molar-refractivity contribution in [2.45, 2.75) is 45.1 Å². The Labute approximate surface area is 109 Å². The van der Waals surface area contributed by atoms with Gasteiger partial charge in [0.25, 0.3) is 0 Å². The average Bonchev–Trinajstić information content (AvgIpc) is 2.27. The van der Waals surface area contributed by atoms with Gasteiger partial charge in [0.2, 0.25) is 5.91 Å². The van der Waals surface area contributed by atoms with Gasteiger partial charge < -0.3 is 15.3 Å². The summed E-state index contributed by atoms with van der Waals surface area (Å²) in [5.41, 5.74) is 0. The van der Waals surface area contributed by atoms with Crippen molar-refractivity contribution in [3.8, 4) is 0 Å². The standard InChI is InChI=1S/C13H24N2O3/c1-10(9-13(17)18)14-12(16)4-3-11-5-7-15(2)8-6-11/h10-11H,3-9H2,1-2H3,(H,14,16)(H,17,18). The first-order valence-electron chi connectivity index (χ1n) is 6.67. The van der Waals surface area contributed by atoms with Crippen LogP contribution in [0, 0.1) is 5.92 Å². The van der Waals surface area contributed by atoms with Crippen LogP contribution in [0.15, 0.2) is 0 Å². The summed E-state index contributed by atoms with van der Waals surface area (Å²) in [4.78, 5) is 24.4. The van der Waals surface area contributed by atoms with Crippen LogP contribution in [0.1, 0.15) is 39.0 Å². The van der Waals surface area contributed by atoms with Gasteiger partial charge in [-0.1, -0.05) is 0 Å². The van der Waals surface area contributed by atoms with E-state index in [1.807, 2.05) is 0 Å². The second-order valence-electron chi connectivity index (χ2n) is 5.35. The fraction of sp³-hybridized carbons (Fsp3) is 0.846. The lowest BCUT2D eigenvalue weighted by atomic mass is 9.92. The summed E-state index contributed by atoms with van der Waals surface area (Å²) < 4.78 is 0. The van der Waals surface area contributed by atoms with E-state index >= 15 is 0 Å². The van der Waals surface area contributed by atoms with Gasteiger partial charge in [0.05, 0.1) is 6.42 Å². The molecule has 1 atom stereocenters. The number of carbonyl (C=O) groups excluding carboxylic acids is 1. The van der Waals surface area contributed by atoms with Crippen molar-refractivity contribution in [2.24, 2.45) is 5.92 Å². The average molecular weight is 256 g/mol. The van der Waals surface area contributed by atoms with Crippen molar-refractivity contribution in [1.82, 2.24) is 10.2 Å². The Bertz CT molecular complexity index is 286.